The Hall–Kier alpha value is -1.09. The van der Waals surface area contributed by atoms with Gasteiger partial charge in [-0.3, -0.25) is 0 Å². The lowest BCUT2D eigenvalue weighted by Gasteiger charge is -2.38. The Morgan fingerprint density at radius 1 is 1.33 bits per heavy atom. The third-order valence-corrected chi connectivity index (χ3v) is 3.70. The SMILES string of the molecule is CC(N(C)c1cccc(F)c1CCN)C(C)(C)C. The maximum absolute atomic E-state index is 13.9. The second-order valence-corrected chi connectivity index (χ2v) is 5.93. The highest BCUT2D eigenvalue weighted by Gasteiger charge is 2.25. The Morgan fingerprint density at radius 3 is 2.44 bits per heavy atom. The van der Waals surface area contributed by atoms with Gasteiger partial charge >= 0.3 is 0 Å². The fourth-order valence-corrected chi connectivity index (χ4v) is 2.06. The number of nitrogens with zero attached hydrogens (tertiary/aromatic N) is 1. The monoisotopic (exact) mass is 252 g/mol. The van der Waals surface area contributed by atoms with Gasteiger partial charge in [0.25, 0.3) is 0 Å². The Morgan fingerprint density at radius 2 is 1.94 bits per heavy atom. The number of benzene rings is 1. The van der Waals surface area contributed by atoms with Gasteiger partial charge in [0.15, 0.2) is 0 Å². The van der Waals surface area contributed by atoms with Crippen LogP contribution in [0.2, 0.25) is 0 Å². The van der Waals surface area contributed by atoms with Crippen LogP contribution in [-0.2, 0) is 6.42 Å². The summed E-state index contributed by atoms with van der Waals surface area (Å²) in [6, 6.07) is 5.55. The van der Waals surface area contributed by atoms with Crippen LogP contribution in [-0.4, -0.2) is 19.6 Å². The summed E-state index contributed by atoms with van der Waals surface area (Å²) >= 11 is 0. The highest BCUT2D eigenvalue weighted by atomic mass is 19.1. The van der Waals surface area contributed by atoms with Gasteiger partial charge in [0.1, 0.15) is 5.82 Å². The quantitative estimate of drug-likeness (QED) is 0.891. The fraction of sp³-hybridized carbons (Fsp3) is 0.600. The molecule has 0 amide bonds. The maximum Gasteiger partial charge on any atom is 0.128 e. The summed E-state index contributed by atoms with van der Waals surface area (Å²) < 4.78 is 13.9. The van der Waals surface area contributed by atoms with Crippen LogP contribution in [0.3, 0.4) is 0 Å². The highest BCUT2D eigenvalue weighted by Crippen LogP contribution is 2.30. The van der Waals surface area contributed by atoms with Crippen LogP contribution in [0.4, 0.5) is 10.1 Å². The molecule has 0 saturated carbocycles. The minimum Gasteiger partial charge on any atom is -0.371 e. The minimum atomic E-state index is -0.161. The average Bonchev–Trinajstić information content (AvgIpc) is 2.29. The molecule has 3 heteroatoms. The minimum absolute atomic E-state index is 0.140. The second-order valence-electron chi connectivity index (χ2n) is 5.93. The van der Waals surface area contributed by atoms with Crippen LogP contribution in [0, 0.1) is 11.2 Å². The number of rotatable bonds is 4. The summed E-state index contributed by atoms with van der Waals surface area (Å²) in [5.74, 6) is -0.161. The number of anilines is 1. The van der Waals surface area contributed by atoms with E-state index in [1.54, 1.807) is 6.07 Å². The zero-order valence-electron chi connectivity index (χ0n) is 12.1. The van der Waals surface area contributed by atoms with Crippen molar-refractivity contribution in [3.63, 3.8) is 0 Å². The zero-order chi connectivity index (χ0) is 13.9. The molecule has 0 aromatic heterocycles. The van der Waals surface area contributed by atoms with Gasteiger partial charge in [-0.05, 0) is 37.4 Å². The van der Waals surface area contributed by atoms with Crippen LogP contribution >= 0.6 is 0 Å². The lowest BCUT2D eigenvalue weighted by molar-refractivity contribution is 0.329. The zero-order valence-corrected chi connectivity index (χ0v) is 12.1. The molecule has 1 atom stereocenters. The molecule has 1 rings (SSSR count). The van der Waals surface area contributed by atoms with Gasteiger partial charge in [0.2, 0.25) is 0 Å². The summed E-state index contributed by atoms with van der Waals surface area (Å²) in [5, 5.41) is 0. The van der Waals surface area contributed by atoms with Crippen molar-refractivity contribution in [2.75, 3.05) is 18.5 Å². The van der Waals surface area contributed by atoms with E-state index in [-0.39, 0.29) is 11.2 Å². The molecule has 1 aromatic carbocycles. The van der Waals surface area contributed by atoms with Crippen molar-refractivity contribution in [1.29, 1.82) is 0 Å². The van der Waals surface area contributed by atoms with Crippen LogP contribution in [0.5, 0.6) is 0 Å². The van der Waals surface area contributed by atoms with E-state index in [2.05, 4.69) is 32.6 Å². The standard InChI is InChI=1S/C15H25FN2/c1-11(15(2,3)4)18(5)14-8-6-7-13(16)12(14)9-10-17/h6-8,11H,9-10,17H2,1-5H3. The van der Waals surface area contributed by atoms with E-state index in [1.807, 2.05) is 13.1 Å². The molecular formula is C15H25FN2. The molecule has 1 aromatic rings. The topological polar surface area (TPSA) is 29.3 Å². The molecule has 102 valence electrons. The summed E-state index contributed by atoms with van der Waals surface area (Å²) in [6.07, 6.45) is 0.573. The summed E-state index contributed by atoms with van der Waals surface area (Å²) in [6.45, 7) is 9.20. The van der Waals surface area contributed by atoms with Gasteiger partial charge in [-0.15, -0.1) is 0 Å². The molecular weight excluding hydrogens is 227 g/mol. The third-order valence-electron chi connectivity index (χ3n) is 3.70. The van der Waals surface area contributed by atoms with E-state index >= 15 is 0 Å². The lowest BCUT2D eigenvalue weighted by Crippen LogP contribution is -2.40. The number of hydrogen-bond acceptors (Lipinski definition) is 2. The molecule has 0 saturated heterocycles. The highest BCUT2D eigenvalue weighted by molar-refractivity contribution is 5.54. The maximum atomic E-state index is 13.9. The average molecular weight is 252 g/mol. The molecule has 18 heavy (non-hydrogen) atoms. The molecule has 2 nitrogen and oxygen atoms in total. The van der Waals surface area contributed by atoms with E-state index in [1.165, 1.54) is 6.07 Å². The molecule has 0 fully saturated rings. The molecule has 2 N–H and O–H groups in total. The molecule has 0 spiro atoms. The van der Waals surface area contributed by atoms with Crippen molar-refractivity contribution < 1.29 is 4.39 Å². The van der Waals surface area contributed by atoms with E-state index < -0.39 is 0 Å². The smallest absolute Gasteiger partial charge is 0.128 e. The van der Waals surface area contributed by atoms with Crippen LogP contribution in [0.25, 0.3) is 0 Å². The first kappa shape index (κ1) is 15.0. The largest absolute Gasteiger partial charge is 0.371 e. The molecule has 0 heterocycles. The third kappa shape index (κ3) is 3.22. The van der Waals surface area contributed by atoms with Crippen molar-refractivity contribution >= 4 is 5.69 Å². The lowest BCUT2D eigenvalue weighted by atomic mass is 9.86. The fourth-order valence-electron chi connectivity index (χ4n) is 2.06. The van der Waals surface area contributed by atoms with Crippen molar-refractivity contribution in [2.24, 2.45) is 11.1 Å². The first-order valence-electron chi connectivity index (χ1n) is 6.49. The van der Waals surface area contributed by atoms with E-state index in [0.29, 0.717) is 19.0 Å². The Balaban J connectivity index is 3.12. The van der Waals surface area contributed by atoms with E-state index in [9.17, 15) is 4.39 Å². The first-order chi connectivity index (χ1) is 8.29. The van der Waals surface area contributed by atoms with E-state index in [0.717, 1.165) is 11.3 Å². The van der Waals surface area contributed by atoms with Crippen molar-refractivity contribution in [3.8, 4) is 0 Å². The van der Waals surface area contributed by atoms with Crippen LogP contribution in [0.15, 0.2) is 18.2 Å². The summed E-state index contributed by atoms with van der Waals surface area (Å²) in [5.41, 5.74) is 7.38. The summed E-state index contributed by atoms with van der Waals surface area (Å²) in [4.78, 5) is 2.15. The van der Waals surface area contributed by atoms with Crippen LogP contribution < -0.4 is 10.6 Å². The van der Waals surface area contributed by atoms with Gasteiger partial charge in [0, 0.05) is 24.3 Å². The predicted molar refractivity (Wildman–Crippen MR) is 76.5 cm³/mol. The summed E-state index contributed by atoms with van der Waals surface area (Å²) in [7, 11) is 2.02. The molecule has 0 aliphatic heterocycles. The first-order valence-corrected chi connectivity index (χ1v) is 6.49. The van der Waals surface area contributed by atoms with Gasteiger partial charge in [-0.25, -0.2) is 4.39 Å². The Kier molecular flexibility index (Phi) is 4.74. The van der Waals surface area contributed by atoms with E-state index in [4.69, 9.17) is 5.73 Å². The van der Waals surface area contributed by atoms with Crippen molar-refractivity contribution in [3.05, 3.63) is 29.6 Å². The van der Waals surface area contributed by atoms with Gasteiger partial charge in [0.05, 0.1) is 0 Å². The molecule has 0 aliphatic carbocycles. The number of nitrogens with two attached hydrogens (primary N) is 1. The van der Waals surface area contributed by atoms with Gasteiger partial charge in [-0.1, -0.05) is 26.8 Å². The Labute approximate surface area is 110 Å². The van der Waals surface area contributed by atoms with Gasteiger partial charge in [-0.2, -0.15) is 0 Å². The predicted octanol–water partition coefficient (Wildman–Crippen LogP) is 3.20. The van der Waals surface area contributed by atoms with Crippen molar-refractivity contribution in [2.45, 2.75) is 40.2 Å². The molecule has 0 aliphatic rings. The van der Waals surface area contributed by atoms with Gasteiger partial charge < -0.3 is 10.6 Å². The van der Waals surface area contributed by atoms with Crippen LogP contribution in [0.1, 0.15) is 33.3 Å². The second kappa shape index (κ2) is 5.70. The van der Waals surface area contributed by atoms with Crippen molar-refractivity contribution in [1.82, 2.24) is 0 Å². The normalized spacial score (nSPS) is 13.5. The molecule has 0 bridgehead atoms. The molecule has 1 unspecified atom stereocenters. The number of halogens is 1. The number of hydrogen-bond donors (Lipinski definition) is 1. The molecule has 0 radical (unpaired) electrons. The Bertz CT molecular complexity index is 396.